The van der Waals surface area contributed by atoms with Crippen LogP contribution in [0.4, 0.5) is 0 Å². The lowest BCUT2D eigenvalue weighted by molar-refractivity contribution is -0.923. The predicted octanol–water partition coefficient (Wildman–Crippen LogP) is 3.20. The molecular weight excluding hydrogens is 365 g/mol. The summed E-state index contributed by atoms with van der Waals surface area (Å²) in [6.07, 6.45) is 13.7. The molecule has 0 aliphatic carbocycles. The second-order valence-electron chi connectivity index (χ2n) is 7.76. The molecule has 1 aromatic rings. The molecule has 1 rings (SSSR count). The number of nitrogens with zero attached hydrogens (tertiary/aromatic N) is 1. The third kappa shape index (κ3) is 12.2. The first kappa shape index (κ1) is 25.7. The first-order chi connectivity index (χ1) is 12.1. The zero-order valence-electron chi connectivity index (χ0n) is 16.9. The van der Waals surface area contributed by atoms with Gasteiger partial charge in [0, 0.05) is 10.6 Å². The average molecular weight is 404 g/mol. The SMILES string of the molecule is CCCCCCCCCCCC[N+](C)(CCO)Cc1ccc(Cl)cc1.[Cl-]. The van der Waals surface area contributed by atoms with Crippen molar-refractivity contribution in [3.8, 4) is 0 Å². The molecule has 0 aliphatic rings. The summed E-state index contributed by atoms with van der Waals surface area (Å²) in [7, 11) is 2.26. The van der Waals surface area contributed by atoms with Crippen LogP contribution in [-0.2, 0) is 6.54 Å². The Morgan fingerprint density at radius 3 is 1.81 bits per heavy atom. The first-order valence-electron chi connectivity index (χ1n) is 10.3. The highest BCUT2D eigenvalue weighted by Gasteiger charge is 2.21. The van der Waals surface area contributed by atoms with E-state index >= 15 is 0 Å². The number of hydrogen-bond donors (Lipinski definition) is 1. The maximum Gasteiger partial charge on any atom is 0.104 e. The molecule has 26 heavy (non-hydrogen) atoms. The second kappa shape index (κ2) is 15.7. The van der Waals surface area contributed by atoms with Gasteiger partial charge < -0.3 is 22.0 Å². The van der Waals surface area contributed by atoms with Gasteiger partial charge >= 0.3 is 0 Å². The summed E-state index contributed by atoms with van der Waals surface area (Å²) < 4.78 is 0.912. The number of aliphatic hydroxyl groups excluding tert-OH is 1. The van der Waals surface area contributed by atoms with Crippen LogP contribution in [0.1, 0.15) is 76.7 Å². The van der Waals surface area contributed by atoms with Crippen LogP contribution in [0.2, 0.25) is 5.02 Å². The quantitative estimate of drug-likeness (QED) is 0.352. The molecule has 0 heterocycles. The van der Waals surface area contributed by atoms with Gasteiger partial charge in [-0.25, -0.2) is 0 Å². The summed E-state index contributed by atoms with van der Waals surface area (Å²) >= 11 is 5.98. The van der Waals surface area contributed by atoms with Crippen molar-refractivity contribution >= 4 is 11.6 Å². The van der Waals surface area contributed by atoms with Crippen molar-refractivity contribution in [2.45, 2.75) is 77.7 Å². The zero-order chi connectivity index (χ0) is 18.4. The number of likely N-dealkylation sites (N-methyl/N-ethyl adjacent to an activating group) is 1. The van der Waals surface area contributed by atoms with Crippen LogP contribution in [0, 0.1) is 0 Å². The van der Waals surface area contributed by atoms with E-state index in [1.807, 2.05) is 12.1 Å². The van der Waals surface area contributed by atoms with Gasteiger partial charge in [0.1, 0.15) is 13.1 Å². The van der Waals surface area contributed by atoms with Crippen molar-refractivity contribution in [2.24, 2.45) is 0 Å². The molecule has 1 atom stereocenters. The average Bonchev–Trinajstić information content (AvgIpc) is 2.59. The molecule has 0 saturated heterocycles. The van der Waals surface area contributed by atoms with Gasteiger partial charge in [0.15, 0.2) is 0 Å². The van der Waals surface area contributed by atoms with Crippen molar-refractivity contribution in [1.29, 1.82) is 0 Å². The van der Waals surface area contributed by atoms with Crippen LogP contribution in [-0.4, -0.2) is 36.3 Å². The van der Waals surface area contributed by atoms with Crippen LogP contribution in [0.5, 0.6) is 0 Å². The summed E-state index contributed by atoms with van der Waals surface area (Å²) in [6.45, 7) is 5.45. The van der Waals surface area contributed by atoms with Crippen molar-refractivity contribution < 1.29 is 22.0 Å². The monoisotopic (exact) mass is 403 g/mol. The maximum atomic E-state index is 9.45. The minimum atomic E-state index is 0. The summed E-state index contributed by atoms with van der Waals surface area (Å²) in [4.78, 5) is 0. The van der Waals surface area contributed by atoms with Crippen LogP contribution >= 0.6 is 11.6 Å². The molecule has 2 nitrogen and oxygen atoms in total. The zero-order valence-corrected chi connectivity index (χ0v) is 18.4. The van der Waals surface area contributed by atoms with E-state index in [9.17, 15) is 5.11 Å². The lowest BCUT2D eigenvalue weighted by atomic mass is 10.1. The van der Waals surface area contributed by atoms with E-state index in [-0.39, 0.29) is 19.0 Å². The maximum absolute atomic E-state index is 9.45. The molecule has 0 amide bonds. The number of halogens is 2. The number of aliphatic hydroxyl groups is 1. The Morgan fingerprint density at radius 1 is 0.808 bits per heavy atom. The molecular formula is C22H39Cl2NO. The Balaban J connectivity index is 0.00000625. The Labute approximate surface area is 172 Å². The molecule has 1 unspecified atom stereocenters. The number of benzene rings is 1. The summed E-state index contributed by atoms with van der Waals surface area (Å²) in [5.41, 5.74) is 1.30. The van der Waals surface area contributed by atoms with Gasteiger partial charge in [-0.3, -0.25) is 0 Å². The topological polar surface area (TPSA) is 20.2 Å². The van der Waals surface area contributed by atoms with Crippen LogP contribution in [0.25, 0.3) is 0 Å². The summed E-state index contributed by atoms with van der Waals surface area (Å²) in [5, 5.41) is 10.2. The molecule has 0 bridgehead atoms. The Hall–Kier alpha value is -0.280. The lowest BCUT2D eigenvalue weighted by Crippen LogP contribution is -3.00. The molecule has 0 aromatic heterocycles. The van der Waals surface area contributed by atoms with Gasteiger partial charge in [0.2, 0.25) is 0 Å². The van der Waals surface area contributed by atoms with Crippen molar-refractivity contribution in [2.75, 3.05) is 26.7 Å². The van der Waals surface area contributed by atoms with Gasteiger partial charge in [-0.15, -0.1) is 0 Å². The number of unbranched alkanes of at least 4 members (excludes halogenated alkanes) is 9. The molecule has 0 spiro atoms. The highest BCUT2D eigenvalue weighted by atomic mass is 35.5. The fourth-order valence-corrected chi connectivity index (χ4v) is 3.65. The van der Waals surface area contributed by atoms with E-state index in [4.69, 9.17) is 11.6 Å². The minimum absolute atomic E-state index is 0. The van der Waals surface area contributed by atoms with Crippen LogP contribution in [0.3, 0.4) is 0 Å². The van der Waals surface area contributed by atoms with Gasteiger partial charge in [-0.2, -0.15) is 0 Å². The van der Waals surface area contributed by atoms with E-state index in [0.29, 0.717) is 0 Å². The highest BCUT2D eigenvalue weighted by Crippen LogP contribution is 2.17. The van der Waals surface area contributed by atoms with Gasteiger partial charge in [-0.05, 0) is 25.0 Å². The number of rotatable bonds is 15. The van der Waals surface area contributed by atoms with Crippen LogP contribution in [0.15, 0.2) is 24.3 Å². The van der Waals surface area contributed by atoms with E-state index in [0.717, 1.165) is 29.1 Å². The molecule has 1 aromatic carbocycles. The van der Waals surface area contributed by atoms with Gasteiger partial charge in [0.05, 0.1) is 20.2 Å². The number of hydrogen-bond acceptors (Lipinski definition) is 1. The van der Waals surface area contributed by atoms with Gasteiger partial charge in [0.25, 0.3) is 0 Å². The van der Waals surface area contributed by atoms with E-state index in [2.05, 4.69) is 26.1 Å². The van der Waals surface area contributed by atoms with E-state index < -0.39 is 0 Å². The fourth-order valence-electron chi connectivity index (χ4n) is 3.52. The third-order valence-corrected chi connectivity index (χ3v) is 5.42. The third-order valence-electron chi connectivity index (χ3n) is 5.17. The summed E-state index contributed by atoms with van der Waals surface area (Å²) in [6, 6.07) is 8.13. The second-order valence-corrected chi connectivity index (χ2v) is 8.19. The van der Waals surface area contributed by atoms with E-state index in [1.165, 1.54) is 69.8 Å². The largest absolute Gasteiger partial charge is 1.00 e. The highest BCUT2D eigenvalue weighted by molar-refractivity contribution is 6.30. The van der Waals surface area contributed by atoms with Crippen LogP contribution < -0.4 is 12.4 Å². The Bertz CT molecular complexity index is 438. The van der Waals surface area contributed by atoms with Crippen molar-refractivity contribution in [3.63, 3.8) is 0 Å². The predicted molar refractivity (Wildman–Crippen MR) is 110 cm³/mol. The Morgan fingerprint density at radius 2 is 1.31 bits per heavy atom. The van der Waals surface area contributed by atoms with Crippen molar-refractivity contribution in [3.05, 3.63) is 34.9 Å². The van der Waals surface area contributed by atoms with Crippen molar-refractivity contribution in [1.82, 2.24) is 0 Å². The first-order valence-corrected chi connectivity index (χ1v) is 10.7. The molecule has 0 fully saturated rings. The standard InChI is InChI=1S/C22H39ClNO.ClH/c1-3-4-5-6-7-8-9-10-11-12-17-24(2,18-19-25)20-21-13-15-22(23)16-14-21;/h13-16,25H,3-12,17-20H2,1-2H3;1H/q+1;/p-1. The molecule has 4 heteroatoms. The molecule has 1 N–H and O–H groups in total. The number of quaternary nitrogens is 1. The molecule has 0 aliphatic heterocycles. The Kier molecular flexibility index (Phi) is 15.6. The normalized spacial score (nSPS) is 13.2. The molecule has 0 radical (unpaired) electrons. The smallest absolute Gasteiger partial charge is 0.104 e. The minimum Gasteiger partial charge on any atom is -1.00 e. The van der Waals surface area contributed by atoms with E-state index in [1.54, 1.807) is 0 Å². The fraction of sp³-hybridized carbons (Fsp3) is 0.727. The molecule has 0 saturated carbocycles. The molecule has 152 valence electrons. The van der Waals surface area contributed by atoms with Gasteiger partial charge in [-0.1, -0.05) is 82.0 Å². The lowest BCUT2D eigenvalue weighted by Gasteiger charge is -2.34. The summed E-state index contributed by atoms with van der Waals surface area (Å²) in [5.74, 6) is 0.